The van der Waals surface area contributed by atoms with Crippen molar-refractivity contribution in [2.24, 2.45) is 10.9 Å². The van der Waals surface area contributed by atoms with Crippen LogP contribution in [0.5, 0.6) is 0 Å². The van der Waals surface area contributed by atoms with E-state index in [0.717, 1.165) is 31.0 Å². The molecule has 0 radical (unpaired) electrons. The predicted octanol–water partition coefficient (Wildman–Crippen LogP) is 2.44. The summed E-state index contributed by atoms with van der Waals surface area (Å²) in [5, 5.41) is 6.79. The maximum Gasteiger partial charge on any atom is 0.191 e. The van der Waals surface area contributed by atoms with Gasteiger partial charge in [0, 0.05) is 31.2 Å². The average molecular weight is 394 g/mol. The molecule has 118 valence electrons. The first-order chi connectivity index (χ1) is 8.98. The number of hydrogen-bond acceptors (Lipinski definition) is 2. The second-order valence-corrected chi connectivity index (χ2v) is 6.98. The summed E-state index contributed by atoms with van der Waals surface area (Å²) in [7, 11) is 0. The Kier molecular flexibility index (Phi) is 7.04. The summed E-state index contributed by atoms with van der Waals surface area (Å²) in [6.45, 7) is 13.0. The first-order valence-electron chi connectivity index (χ1n) is 7.78. The van der Waals surface area contributed by atoms with Gasteiger partial charge in [-0.05, 0) is 59.4 Å². The molecule has 1 atom stereocenters. The van der Waals surface area contributed by atoms with Crippen molar-refractivity contribution in [3.05, 3.63) is 0 Å². The highest BCUT2D eigenvalue weighted by molar-refractivity contribution is 14.0. The number of halogens is 1. The van der Waals surface area contributed by atoms with Gasteiger partial charge >= 0.3 is 0 Å². The first-order valence-corrected chi connectivity index (χ1v) is 7.78. The highest BCUT2D eigenvalue weighted by Gasteiger charge is 2.34. The molecule has 20 heavy (non-hydrogen) atoms. The van der Waals surface area contributed by atoms with Crippen molar-refractivity contribution in [2.45, 2.75) is 58.5 Å². The fourth-order valence-electron chi connectivity index (χ4n) is 2.67. The third kappa shape index (κ3) is 6.16. The minimum Gasteiger partial charge on any atom is -0.357 e. The zero-order valence-corrected chi connectivity index (χ0v) is 15.7. The van der Waals surface area contributed by atoms with Crippen LogP contribution in [0, 0.1) is 5.92 Å². The van der Waals surface area contributed by atoms with E-state index in [9.17, 15) is 0 Å². The highest BCUT2D eigenvalue weighted by atomic mass is 127. The molecule has 0 spiro atoms. The lowest BCUT2D eigenvalue weighted by molar-refractivity contribution is 0.315. The van der Waals surface area contributed by atoms with Crippen LogP contribution in [0.4, 0.5) is 0 Å². The molecule has 2 fully saturated rings. The fourth-order valence-corrected chi connectivity index (χ4v) is 2.67. The maximum atomic E-state index is 4.76. The minimum absolute atomic E-state index is 0. The number of nitrogens with zero attached hydrogens (tertiary/aromatic N) is 2. The van der Waals surface area contributed by atoms with E-state index in [1.807, 2.05) is 0 Å². The van der Waals surface area contributed by atoms with Gasteiger partial charge in [0.15, 0.2) is 5.96 Å². The maximum absolute atomic E-state index is 4.76. The smallest absolute Gasteiger partial charge is 0.191 e. The summed E-state index contributed by atoms with van der Waals surface area (Å²) in [4.78, 5) is 7.42. The van der Waals surface area contributed by atoms with E-state index in [4.69, 9.17) is 4.99 Å². The fraction of sp³-hybridized carbons (Fsp3) is 0.933. The molecular formula is C15H31IN4. The zero-order valence-electron chi connectivity index (χ0n) is 13.4. The quantitative estimate of drug-likeness (QED) is 0.437. The Balaban J connectivity index is 0.00000200. The second-order valence-electron chi connectivity index (χ2n) is 6.98. The van der Waals surface area contributed by atoms with Crippen molar-refractivity contribution in [1.29, 1.82) is 0 Å². The lowest BCUT2D eigenvalue weighted by Gasteiger charge is -2.24. The molecule has 0 aromatic carbocycles. The largest absolute Gasteiger partial charge is 0.357 e. The molecule has 1 aliphatic carbocycles. The van der Waals surface area contributed by atoms with Crippen molar-refractivity contribution < 1.29 is 0 Å². The first kappa shape index (κ1) is 18.0. The summed E-state index contributed by atoms with van der Waals surface area (Å²) in [6.07, 6.45) is 4.16. The van der Waals surface area contributed by atoms with Crippen molar-refractivity contribution in [3.8, 4) is 0 Å². The number of hydrogen-bond donors (Lipinski definition) is 2. The van der Waals surface area contributed by atoms with Gasteiger partial charge in [-0.3, -0.25) is 4.99 Å². The molecule has 0 bridgehead atoms. The van der Waals surface area contributed by atoms with Crippen LogP contribution in [0.25, 0.3) is 0 Å². The van der Waals surface area contributed by atoms with Crippen molar-refractivity contribution in [3.63, 3.8) is 0 Å². The van der Waals surface area contributed by atoms with Crippen LogP contribution in [-0.4, -0.2) is 48.6 Å². The summed E-state index contributed by atoms with van der Waals surface area (Å²) in [6, 6.07) is 0.912. The molecule has 1 aliphatic heterocycles. The molecule has 2 aliphatic rings. The highest BCUT2D eigenvalue weighted by Crippen LogP contribution is 2.31. The van der Waals surface area contributed by atoms with E-state index in [2.05, 4.69) is 43.2 Å². The third-order valence-corrected chi connectivity index (χ3v) is 3.73. The van der Waals surface area contributed by atoms with E-state index in [0.29, 0.717) is 0 Å². The van der Waals surface area contributed by atoms with Crippen molar-refractivity contribution >= 4 is 29.9 Å². The summed E-state index contributed by atoms with van der Waals surface area (Å²) >= 11 is 0. The van der Waals surface area contributed by atoms with Gasteiger partial charge in [-0.15, -0.1) is 24.0 Å². The summed E-state index contributed by atoms with van der Waals surface area (Å²) in [5.74, 6) is 1.70. The Hall–Kier alpha value is -0.0400. The molecule has 2 N–H and O–H groups in total. The molecule has 1 saturated heterocycles. The van der Waals surface area contributed by atoms with Crippen LogP contribution in [0.3, 0.4) is 0 Å². The Bertz CT molecular complexity index is 320. The van der Waals surface area contributed by atoms with Crippen LogP contribution in [-0.2, 0) is 0 Å². The van der Waals surface area contributed by atoms with E-state index in [1.54, 1.807) is 0 Å². The van der Waals surface area contributed by atoms with Crippen LogP contribution < -0.4 is 10.6 Å². The number of rotatable bonds is 4. The lowest BCUT2D eigenvalue weighted by atomic mass is 10.1. The summed E-state index contributed by atoms with van der Waals surface area (Å²) in [5.41, 5.74) is 0.0662. The normalized spacial score (nSPS) is 24.4. The minimum atomic E-state index is 0. The van der Waals surface area contributed by atoms with E-state index in [1.165, 1.54) is 32.4 Å². The molecule has 1 heterocycles. The number of nitrogens with one attached hydrogen (secondary N) is 2. The van der Waals surface area contributed by atoms with Crippen LogP contribution >= 0.6 is 24.0 Å². The third-order valence-electron chi connectivity index (χ3n) is 3.73. The molecule has 2 rings (SSSR count). The molecule has 0 aromatic heterocycles. The molecule has 0 aromatic rings. The van der Waals surface area contributed by atoms with E-state index < -0.39 is 0 Å². The number of likely N-dealkylation sites (tertiary alicyclic amines) is 1. The van der Waals surface area contributed by atoms with Crippen molar-refractivity contribution in [2.75, 3.05) is 26.2 Å². The number of guanidine groups is 1. The van der Waals surface area contributed by atoms with E-state index >= 15 is 0 Å². The SMILES string of the molecule is CCNC(=NCC1CCN(C2CC2)C1)NC(C)(C)C.I. The predicted molar refractivity (Wildman–Crippen MR) is 97.0 cm³/mol. The molecule has 1 unspecified atom stereocenters. The van der Waals surface area contributed by atoms with Gasteiger partial charge in [0.25, 0.3) is 0 Å². The van der Waals surface area contributed by atoms with Gasteiger partial charge in [-0.2, -0.15) is 0 Å². The zero-order chi connectivity index (χ0) is 13.9. The van der Waals surface area contributed by atoms with Gasteiger partial charge < -0.3 is 15.5 Å². The van der Waals surface area contributed by atoms with Gasteiger partial charge in [-0.1, -0.05) is 0 Å². The molecule has 0 amide bonds. The monoisotopic (exact) mass is 394 g/mol. The van der Waals surface area contributed by atoms with Crippen LogP contribution in [0.2, 0.25) is 0 Å². The Morgan fingerprint density at radius 3 is 2.50 bits per heavy atom. The Labute approximate surface area is 141 Å². The summed E-state index contributed by atoms with van der Waals surface area (Å²) < 4.78 is 0. The topological polar surface area (TPSA) is 39.7 Å². The molecule has 4 nitrogen and oxygen atoms in total. The molecule has 5 heteroatoms. The second kappa shape index (κ2) is 7.82. The van der Waals surface area contributed by atoms with Gasteiger partial charge in [0.05, 0.1) is 0 Å². The van der Waals surface area contributed by atoms with Gasteiger partial charge in [0.2, 0.25) is 0 Å². The van der Waals surface area contributed by atoms with Crippen LogP contribution in [0.1, 0.15) is 47.0 Å². The lowest BCUT2D eigenvalue weighted by Crippen LogP contribution is -2.47. The van der Waals surface area contributed by atoms with E-state index in [-0.39, 0.29) is 29.5 Å². The van der Waals surface area contributed by atoms with Gasteiger partial charge in [-0.25, -0.2) is 0 Å². The Morgan fingerprint density at radius 1 is 1.25 bits per heavy atom. The number of aliphatic imine (C=N–C) groups is 1. The van der Waals surface area contributed by atoms with Crippen LogP contribution in [0.15, 0.2) is 4.99 Å². The van der Waals surface area contributed by atoms with Crippen molar-refractivity contribution in [1.82, 2.24) is 15.5 Å². The molecule has 1 saturated carbocycles. The standard InChI is InChI=1S/C15H30N4.HI/c1-5-16-14(18-15(2,3)4)17-10-12-8-9-19(11-12)13-6-7-13;/h12-13H,5-11H2,1-4H3,(H2,16,17,18);1H. The van der Waals surface area contributed by atoms with Gasteiger partial charge in [0.1, 0.15) is 0 Å². The Morgan fingerprint density at radius 2 is 1.95 bits per heavy atom. The average Bonchev–Trinajstić information content (AvgIpc) is 3.04. The molecular weight excluding hydrogens is 363 g/mol.